The maximum Gasteiger partial charge on any atom is 0.293 e. The molecule has 1 aromatic heterocycles. The first-order valence-corrected chi connectivity index (χ1v) is 10.3. The predicted octanol–water partition coefficient (Wildman–Crippen LogP) is 3.57. The van der Waals surface area contributed by atoms with E-state index in [-0.39, 0.29) is 24.1 Å². The highest BCUT2D eigenvalue weighted by molar-refractivity contribution is 5.91. The molecule has 7 heteroatoms. The van der Waals surface area contributed by atoms with Gasteiger partial charge in [0.25, 0.3) is 5.91 Å². The van der Waals surface area contributed by atoms with E-state index in [0.717, 1.165) is 50.3 Å². The Morgan fingerprint density at radius 1 is 0.933 bits per heavy atom. The maximum atomic E-state index is 13.2. The summed E-state index contributed by atoms with van der Waals surface area (Å²) < 4.78 is 1.77. The summed E-state index contributed by atoms with van der Waals surface area (Å²) in [6.07, 6.45) is 3.32. The molecular weight excluding hydrogens is 398 g/mol. The van der Waals surface area contributed by atoms with E-state index in [2.05, 4.69) is 15.4 Å². The first kappa shape index (κ1) is 20.6. The number of nitrogens with one attached hydrogen (secondary N) is 1. The molecule has 0 aliphatic carbocycles. The summed E-state index contributed by atoms with van der Waals surface area (Å²) >= 11 is 0. The second-order valence-electron chi connectivity index (χ2n) is 8.09. The number of aromatic nitrogens is 3. The van der Waals surface area contributed by atoms with E-state index < -0.39 is 0 Å². The highest BCUT2D eigenvalue weighted by atomic mass is 35.5. The van der Waals surface area contributed by atoms with Gasteiger partial charge in [0.05, 0.1) is 5.69 Å². The third-order valence-electron chi connectivity index (χ3n) is 6.27. The fourth-order valence-electron chi connectivity index (χ4n) is 4.47. The minimum atomic E-state index is -0.0716. The molecule has 0 radical (unpaired) electrons. The first-order valence-electron chi connectivity index (χ1n) is 10.3. The Morgan fingerprint density at radius 3 is 2.23 bits per heavy atom. The molecule has 1 amide bonds. The summed E-state index contributed by atoms with van der Waals surface area (Å²) in [6.45, 7) is 3.73. The minimum absolute atomic E-state index is 0. The van der Waals surface area contributed by atoms with Gasteiger partial charge in [-0.25, -0.2) is 9.67 Å². The average Bonchev–Trinajstić information content (AvgIpc) is 3.43. The van der Waals surface area contributed by atoms with Crippen molar-refractivity contribution in [1.82, 2.24) is 25.0 Å². The molecule has 30 heavy (non-hydrogen) atoms. The third kappa shape index (κ3) is 3.85. The Kier molecular flexibility index (Phi) is 5.88. The highest BCUT2D eigenvalue weighted by Gasteiger charge is 2.38. The van der Waals surface area contributed by atoms with Crippen LogP contribution in [0.25, 0.3) is 17.1 Å². The van der Waals surface area contributed by atoms with Crippen LogP contribution in [0, 0.1) is 5.41 Å². The van der Waals surface area contributed by atoms with Crippen LogP contribution in [0.1, 0.15) is 29.9 Å². The van der Waals surface area contributed by atoms with Gasteiger partial charge in [-0.3, -0.25) is 4.79 Å². The van der Waals surface area contributed by atoms with E-state index in [1.54, 1.807) is 4.68 Å². The van der Waals surface area contributed by atoms with Crippen LogP contribution in [0.2, 0.25) is 0 Å². The average molecular weight is 424 g/mol. The molecule has 2 fully saturated rings. The van der Waals surface area contributed by atoms with Crippen molar-refractivity contribution < 1.29 is 4.79 Å². The number of carbonyl (C=O) groups excluding carboxylic acids is 1. The molecule has 1 N–H and O–H groups in total. The molecule has 0 bridgehead atoms. The quantitative estimate of drug-likeness (QED) is 0.699. The van der Waals surface area contributed by atoms with Crippen LogP contribution >= 0.6 is 12.4 Å². The summed E-state index contributed by atoms with van der Waals surface area (Å²) in [5.74, 6) is 0.888. The van der Waals surface area contributed by atoms with E-state index in [1.165, 1.54) is 6.42 Å². The Labute approximate surface area is 182 Å². The van der Waals surface area contributed by atoms with Crippen molar-refractivity contribution in [1.29, 1.82) is 0 Å². The summed E-state index contributed by atoms with van der Waals surface area (Å²) in [5.41, 5.74) is 2.22. The smallest absolute Gasteiger partial charge is 0.293 e. The van der Waals surface area contributed by atoms with E-state index in [1.807, 2.05) is 65.6 Å². The fourth-order valence-corrected chi connectivity index (χ4v) is 4.47. The Morgan fingerprint density at radius 2 is 1.60 bits per heavy atom. The van der Waals surface area contributed by atoms with Crippen LogP contribution in [0.5, 0.6) is 0 Å². The van der Waals surface area contributed by atoms with Gasteiger partial charge in [0, 0.05) is 25.2 Å². The van der Waals surface area contributed by atoms with Crippen LogP contribution in [0.3, 0.4) is 0 Å². The van der Waals surface area contributed by atoms with E-state index in [4.69, 9.17) is 0 Å². The van der Waals surface area contributed by atoms with Gasteiger partial charge in [0.1, 0.15) is 0 Å². The number of amides is 1. The fraction of sp³-hybridized carbons (Fsp3) is 0.348. The van der Waals surface area contributed by atoms with Crippen molar-refractivity contribution in [2.45, 2.75) is 19.3 Å². The van der Waals surface area contributed by atoms with Gasteiger partial charge < -0.3 is 10.2 Å². The molecular formula is C23H26ClN5O. The lowest BCUT2D eigenvalue weighted by Gasteiger charge is -2.38. The van der Waals surface area contributed by atoms with E-state index in [0.29, 0.717) is 11.2 Å². The van der Waals surface area contributed by atoms with Crippen molar-refractivity contribution in [3.05, 3.63) is 66.5 Å². The largest absolute Gasteiger partial charge is 0.336 e. The molecule has 2 aliphatic rings. The van der Waals surface area contributed by atoms with E-state index >= 15 is 0 Å². The molecule has 2 aromatic carbocycles. The van der Waals surface area contributed by atoms with Crippen molar-refractivity contribution >= 4 is 18.3 Å². The van der Waals surface area contributed by atoms with Crippen molar-refractivity contribution in [3.8, 4) is 17.1 Å². The maximum absolute atomic E-state index is 13.2. The van der Waals surface area contributed by atoms with Crippen LogP contribution in [0.4, 0.5) is 0 Å². The first-order chi connectivity index (χ1) is 14.2. The number of carbonyl (C=O) groups is 1. The van der Waals surface area contributed by atoms with Crippen LogP contribution < -0.4 is 5.32 Å². The number of likely N-dealkylation sites (tertiary alicyclic amines) is 1. The molecule has 0 atom stereocenters. The van der Waals surface area contributed by atoms with Gasteiger partial charge in [-0.1, -0.05) is 48.5 Å². The number of hydrogen-bond donors (Lipinski definition) is 1. The molecule has 3 heterocycles. The molecule has 1 spiro atoms. The second kappa shape index (κ2) is 8.58. The zero-order valence-electron chi connectivity index (χ0n) is 16.8. The summed E-state index contributed by atoms with van der Waals surface area (Å²) in [5, 5.41) is 8.10. The molecule has 2 aliphatic heterocycles. The minimum Gasteiger partial charge on any atom is -0.336 e. The topological polar surface area (TPSA) is 63.1 Å². The summed E-state index contributed by atoms with van der Waals surface area (Å²) in [6, 6.07) is 19.8. The lowest BCUT2D eigenvalue weighted by molar-refractivity contribution is 0.0596. The van der Waals surface area contributed by atoms with E-state index in [9.17, 15) is 4.79 Å². The molecule has 0 saturated carbocycles. The lowest BCUT2D eigenvalue weighted by atomic mass is 9.78. The van der Waals surface area contributed by atoms with Gasteiger partial charge in [0.15, 0.2) is 5.82 Å². The number of nitrogens with zero attached hydrogens (tertiary/aromatic N) is 4. The van der Waals surface area contributed by atoms with Crippen molar-refractivity contribution in [2.75, 3.05) is 26.2 Å². The van der Waals surface area contributed by atoms with Gasteiger partial charge in [-0.15, -0.1) is 17.5 Å². The normalized spacial score (nSPS) is 17.7. The second-order valence-corrected chi connectivity index (χ2v) is 8.09. The van der Waals surface area contributed by atoms with Crippen molar-refractivity contribution in [2.24, 2.45) is 5.41 Å². The van der Waals surface area contributed by atoms with Crippen LogP contribution in [-0.2, 0) is 0 Å². The Hall–Kier alpha value is -2.70. The SMILES string of the molecule is Cl.O=C(c1nc(-c2ccccc2)n(-c2ccccc2)n1)N1CCC2(CCNC2)CC1. The summed E-state index contributed by atoms with van der Waals surface area (Å²) in [7, 11) is 0. The summed E-state index contributed by atoms with van der Waals surface area (Å²) in [4.78, 5) is 19.8. The molecule has 156 valence electrons. The predicted molar refractivity (Wildman–Crippen MR) is 119 cm³/mol. The lowest BCUT2D eigenvalue weighted by Crippen LogP contribution is -2.44. The number of benzene rings is 2. The zero-order chi connectivity index (χ0) is 19.7. The Balaban J connectivity index is 0.00000218. The molecule has 5 rings (SSSR count). The van der Waals surface area contributed by atoms with Gasteiger partial charge in [0.2, 0.25) is 5.82 Å². The standard InChI is InChI=1S/C23H25N5O.ClH/c29-22(27-15-12-23(13-16-27)11-14-24-17-23)20-25-21(18-7-3-1-4-8-18)28(26-20)19-9-5-2-6-10-19;/h1-10,24H,11-17H2;1H. The number of hydrogen-bond acceptors (Lipinski definition) is 4. The van der Waals surface area contributed by atoms with Gasteiger partial charge >= 0.3 is 0 Å². The Bertz CT molecular complexity index is 932. The number of piperidine rings is 1. The zero-order valence-corrected chi connectivity index (χ0v) is 17.6. The van der Waals surface area contributed by atoms with Crippen LogP contribution in [-0.4, -0.2) is 51.8 Å². The molecule has 3 aromatic rings. The number of para-hydroxylation sites is 1. The van der Waals surface area contributed by atoms with Gasteiger partial charge in [-0.05, 0) is 43.4 Å². The van der Waals surface area contributed by atoms with Crippen LogP contribution in [0.15, 0.2) is 60.7 Å². The highest BCUT2D eigenvalue weighted by Crippen LogP contribution is 2.37. The number of halogens is 1. The monoisotopic (exact) mass is 423 g/mol. The third-order valence-corrected chi connectivity index (χ3v) is 6.27. The number of rotatable bonds is 3. The van der Waals surface area contributed by atoms with Crippen molar-refractivity contribution in [3.63, 3.8) is 0 Å². The molecule has 2 saturated heterocycles. The molecule has 0 unspecified atom stereocenters. The molecule has 6 nitrogen and oxygen atoms in total. The van der Waals surface area contributed by atoms with Gasteiger partial charge in [-0.2, -0.15) is 0 Å².